The Morgan fingerprint density at radius 2 is 1.95 bits per heavy atom. The molecule has 1 fully saturated rings. The van der Waals surface area contributed by atoms with Gasteiger partial charge in [0.1, 0.15) is 0 Å². The third-order valence-corrected chi connectivity index (χ3v) is 4.21. The van der Waals surface area contributed by atoms with Crippen LogP contribution in [-0.4, -0.2) is 61.5 Å². The smallest absolute Gasteiger partial charge is 0.236 e. The van der Waals surface area contributed by atoms with Crippen LogP contribution >= 0.6 is 0 Å². The summed E-state index contributed by atoms with van der Waals surface area (Å²) < 4.78 is 0. The first-order chi connectivity index (χ1) is 9.52. The highest BCUT2D eigenvalue weighted by atomic mass is 16.2. The van der Waals surface area contributed by atoms with Crippen molar-refractivity contribution >= 4 is 5.91 Å². The zero-order chi connectivity index (χ0) is 15.0. The number of carbonyl (C=O) groups is 1. The summed E-state index contributed by atoms with van der Waals surface area (Å²) in [7, 11) is 3.66. The highest BCUT2D eigenvalue weighted by Crippen LogP contribution is 2.12. The first-order valence-electron chi connectivity index (χ1n) is 8.21. The van der Waals surface area contributed by atoms with Gasteiger partial charge in [-0.3, -0.25) is 9.69 Å². The predicted molar refractivity (Wildman–Crippen MR) is 84.9 cm³/mol. The van der Waals surface area contributed by atoms with Crippen LogP contribution in [0.25, 0.3) is 0 Å². The highest BCUT2D eigenvalue weighted by Gasteiger charge is 2.22. The number of nitrogens with zero attached hydrogens (tertiary/aromatic N) is 2. The summed E-state index contributed by atoms with van der Waals surface area (Å²) in [6, 6.07) is 1.26. The number of hydrogen-bond acceptors (Lipinski definition) is 3. The van der Waals surface area contributed by atoms with Crippen LogP contribution in [0.2, 0.25) is 0 Å². The predicted octanol–water partition coefficient (Wildman–Crippen LogP) is 2.10. The van der Waals surface area contributed by atoms with Crippen LogP contribution in [0.15, 0.2) is 0 Å². The van der Waals surface area contributed by atoms with Gasteiger partial charge >= 0.3 is 0 Å². The van der Waals surface area contributed by atoms with Gasteiger partial charge in [0.25, 0.3) is 0 Å². The van der Waals surface area contributed by atoms with Crippen LogP contribution < -0.4 is 5.32 Å². The number of nitrogens with one attached hydrogen (secondary N) is 1. The summed E-state index contributed by atoms with van der Waals surface area (Å²) in [4.78, 5) is 15.6. The number of likely N-dealkylation sites (tertiary alicyclic amines) is 1. The Morgan fingerprint density at radius 1 is 1.30 bits per heavy atom. The second kappa shape index (κ2) is 9.35. The third kappa shape index (κ3) is 6.71. The lowest BCUT2D eigenvalue weighted by Gasteiger charge is -2.34. The molecule has 0 saturated carbocycles. The molecule has 4 heteroatoms. The molecule has 4 nitrogen and oxygen atoms in total. The standard InChI is InChI=1S/C16H33N3O/c1-5-6-7-8-14(2)17-15-9-11-19(12-10-15)13-16(20)18(3)4/h14-15,17H,5-13H2,1-4H3. The van der Waals surface area contributed by atoms with Gasteiger partial charge in [0, 0.05) is 39.3 Å². The van der Waals surface area contributed by atoms with Crippen LogP contribution in [0.4, 0.5) is 0 Å². The Labute approximate surface area is 124 Å². The van der Waals surface area contributed by atoms with Gasteiger partial charge in [-0.05, 0) is 26.2 Å². The fourth-order valence-electron chi connectivity index (χ4n) is 2.78. The molecule has 1 aliphatic rings. The van der Waals surface area contributed by atoms with Gasteiger partial charge in [-0.2, -0.15) is 0 Å². The van der Waals surface area contributed by atoms with E-state index in [4.69, 9.17) is 0 Å². The average Bonchev–Trinajstić information content (AvgIpc) is 2.41. The Morgan fingerprint density at radius 3 is 2.50 bits per heavy atom. The topological polar surface area (TPSA) is 35.6 Å². The SMILES string of the molecule is CCCCCC(C)NC1CCN(CC(=O)N(C)C)CC1. The largest absolute Gasteiger partial charge is 0.348 e. The van der Waals surface area contributed by atoms with E-state index in [9.17, 15) is 4.79 Å². The van der Waals surface area contributed by atoms with E-state index >= 15 is 0 Å². The van der Waals surface area contributed by atoms with E-state index in [1.807, 2.05) is 14.1 Å². The Bertz CT molecular complexity index is 273. The lowest BCUT2D eigenvalue weighted by molar-refractivity contribution is -0.130. The van der Waals surface area contributed by atoms with E-state index in [1.165, 1.54) is 38.5 Å². The second-order valence-electron chi connectivity index (χ2n) is 6.40. The van der Waals surface area contributed by atoms with Gasteiger partial charge < -0.3 is 10.2 Å². The van der Waals surface area contributed by atoms with E-state index in [-0.39, 0.29) is 5.91 Å². The molecule has 0 aromatic heterocycles. The normalized spacial score (nSPS) is 19.0. The number of piperidine rings is 1. The third-order valence-electron chi connectivity index (χ3n) is 4.21. The number of likely N-dealkylation sites (N-methyl/N-ethyl adjacent to an activating group) is 1. The van der Waals surface area contributed by atoms with Crippen LogP contribution in [0.3, 0.4) is 0 Å². The molecule has 0 radical (unpaired) electrons. The summed E-state index contributed by atoms with van der Waals surface area (Å²) in [6.45, 7) is 7.21. The lowest BCUT2D eigenvalue weighted by atomic mass is 10.0. The Hall–Kier alpha value is -0.610. The molecular weight excluding hydrogens is 250 g/mol. The van der Waals surface area contributed by atoms with E-state index in [0.717, 1.165) is 13.1 Å². The van der Waals surface area contributed by atoms with Crippen LogP contribution in [0.5, 0.6) is 0 Å². The van der Waals surface area contributed by atoms with Crippen molar-refractivity contribution in [2.24, 2.45) is 0 Å². The van der Waals surface area contributed by atoms with Gasteiger partial charge in [-0.25, -0.2) is 0 Å². The van der Waals surface area contributed by atoms with E-state index in [2.05, 4.69) is 24.1 Å². The molecule has 1 rings (SSSR count). The average molecular weight is 283 g/mol. The molecule has 0 bridgehead atoms. The van der Waals surface area contributed by atoms with Gasteiger partial charge in [-0.15, -0.1) is 0 Å². The summed E-state index contributed by atoms with van der Waals surface area (Å²) in [5.41, 5.74) is 0. The van der Waals surface area contributed by atoms with Crippen molar-refractivity contribution in [3.8, 4) is 0 Å². The fourth-order valence-corrected chi connectivity index (χ4v) is 2.78. The van der Waals surface area contributed by atoms with Crippen LogP contribution in [-0.2, 0) is 4.79 Å². The van der Waals surface area contributed by atoms with Crippen molar-refractivity contribution in [2.45, 2.75) is 64.5 Å². The first-order valence-corrected chi connectivity index (χ1v) is 8.21. The number of amides is 1. The molecule has 1 unspecified atom stereocenters. The van der Waals surface area contributed by atoms with Gasteiger partial charge in [0.05, 0.1) is 6.54 Å². The minimum atomic E-state index is 0.212. The van der Waals surface area contributed by atoms with Gasteiger partial charge in [0.15, 0.2) is 0 Å². The van der Waals surface area contributed by atoms with E-state index in [1.54, 1.807) is 4.90 Å². The summed E-state index contributed by atoms with van der Waals surface area (Å²) in [5, 5.41) is 3.75. The first kappa shape index (κ1) is 17.4. The monoisotopic (exact) mass is 283 g/mol. The number of hydrogen-bond donors (Lipinski definition) is 1. The van der Waals surface area contributed by atoms with Crippen molar-refractivity contribution in [3.63, 3.8) is 0 Å². The van der Waals surface area contributed by atoms with Crippen LogP contribution in [0, 0.1) is 0 Å². The summed E-state index contributed by atoms with van der Waals surface area (Å²) in [6.07, 6.45) is 7.59. The van der Waals surface area contributed by atoms with Crippen molar-refractivity contribution in [1.82, 2.24) is 15.1 Å². The molecular formula is C16H33N3O. The Kier molecular flexibility index (Phi) is 8.15. The molecule has 0 spiro atoms. The van der Waals surface area contributed by atoms with Crippen molar-refractivity contribution < 1.29 is 4.79 Å². The van der Waals surface area contributed by atoms with Gasteiger partial charge in [-0.1, -0.05) is 26.2 Å². The maximum absolute atomic E-state index is 11.7. The maximum atomic E-state index is 11.7. The minimum Gasteiger partial charge on any atom is -0.348 e. The quantitative estimate of drug-likeness (QED) is 0.693. The molecule has 0 aromatic carbocycles. The highest BCUT2D eigenvalue weighted by molar-refractivity contribution is 5.77. The van der Waals surface area contributed by atoms with Crippen molar-refractivity contribution in [2.75, 3.05) is 33.7 Å². The number of unbranched alkanes of at least 4 members (excludes halogenated alkanes) is 2. The molecule has 1 amide bonds. The molecule has 1 aliphatic heterocycles. The fraction of sp³-hybridized carbons (Fsp3) is 0.938. The zero-order valence-electron chi connectivity index (χ0n) is 13.8. The Balaban J connectivity index is 2.17. The lowest BCUT2D eigenvalue weighted by Crippen LogP contribution is -2.47. The molecule has 0 aliphatic carbocycles. The molecule has 1 N–H and O–H groups in total. The zero-order valence-corrected chi connectivity index (χ0v) is 13.8. The number of carbonyl (C=O) groups excluding carboxylic acids is 1. The second-order valence-corrected chi connectivity index (χ2v) is 6.40. The van der Waals surface area contributed by atoms with Crippen LogP contribution in [0.1, 0.15) is 52.4 Å². The van der Waals surface area contributed by atoms with E-state index in [0.29, 0.717) is 18.6 Å². The van der Waals surface area contributed by atoms with Crippen molar-refractivity contribution in [3.05, 3.63) is 0 Å². The van der Waals surface area contributed by atoms with Gasteiger partial charge in [0.2, 0.25) is 5.91 Å². The van der Waals surface area contributed by atoms with Crippen molar-refractivity contribution in [1.29, 1.82) is 0 Å². The molecule has 1 heterocycles. The summed E-state index contributed by atoms with van der Waals surface area (Å²) in [5.74, 6) is 0.212. The maximum Gasteiger partial charge on any atom is 0.236 e. The minimum absolute atomic E-state index is 0.212. The molecule has 0 aromatic rings. The molecule has 1 saturated heterocycles. The molecule has 118 valence electrons. The molecule has 20 heavy (non-hydrogen) atoms. The number of rotatable bonds is 8. The molecule has 1 atom stereocenters. The van der Waals surface area contributed by atoms with E-state index < -0.39 is 0 Å². The summed E-state index contributed by atoms with van der Waals surface area (Å²) >= 11 is 0.